The van der Waals surface area contributed by atoms with Crippen LogP contribution in [0.3, 0.4) is 0 Å². The molecule has 0 bridgehead atoms. The molecule has 0 aliphatic carbocycles. The summed E-state index contributed by atoms with van der Waals surface area (Å²) in [6.07, 6.45) is 0.275. The number of amides is 1. The molecule has 0 spiro atoms. The van der Waals surface area contributed by atoms with Crippen LogP contribution in [-0.4, -0.2) is 37.8 Å². The summed E-state index contributed by atoms with van der Waals surface area (Å²) < 4.78 is 36.2. The Morgan fingerprint density at radius 1 is 1.17 bits per heavy atom. The number of rotatable bonds is 10. The number of carbonyl (C=O) groups excluding carboxylic acids is 1. The summed E-state index contributed by atoms with van der Waals surface area (Å²) in [6.45, 7) is 1.06. The van der Waals surface area contributed by atoms with E-state index in [9.17, 15) is 13.2 Å². The lowest BCUT2D eigenvalue weighted by Crippen LogP contribution is -2.25. The summed E-state index contributed by atoms with van der Waals surface area (Å²) in [7, 11) is -2.37. The molecule has 0 saturated heterocycles. The van der Waals surface area contributed by atoms with E-state index in [1.165, 1.54) is 19.2 Å². The van der Waals surface area contributed by atoms with E-state index in [4.69, 9.17) is 22.1 Å². The van der Waals surface area contributed by atoms with Crippen molar-refractivity contribution in [1.82, 2.24) is 15.1 Å². The van der Waals surface area contributed by atoms with Gasteiger partial charge in [0.15, 0.2) is 5.82 Å². The van der Waals surface area contributed by atoms with Gasteiger partial charge in [-0.2, -0.15) is 5.10 Å². The van der Waals surface area contributed by atoms with Crippen LogP contribution in [0.5, 0.6) is 5.75 Å². The van der Waals surface area contributed by atoms with Crippen LogP contribution in [0.15, 0.2) is 58.8 Å². The Kier molecular flexibility index (Phi) is 7.60. The fourth-order valence-corrected chi connectivity index (χ4v) is 6.10. The van der Waals surface area contributed by atoms with Crippen LogP contribution in [0.25, 0.3) is 10.9 Å². The molecule has 4 aromatic rings. The first-order valence-corrected chi connectivity index (χ1v) is 13.3. The Morgan fingerprint density at radius 3 is 2.66 bits per heavy atom. The zero-order chi connectivity index (χ0) is 25.0. The van der Waals surface area contributed by atoms with E-state index >= 15 is 0 Å². The van der Waals surface area contributed by atoms with Crippen molar-refractivity contribution in [2.75, 3.05) is 18.4 Å². The van der Waals surface area contributed by atoms with Crippen LogP contribution >= 0.6 is 22.9 Å². The maximum atomic E-state index is 13.0. The number of benzene rings is 2. The molecule has 0 radical (unpaired) electrons. The van der Waals surface area contributed by atoms with Crippen molar-refractivity contribution in [2.45, 2.75) is 23.7 Å². The van der Waals surface area contributed by atoms with E-state index in [1.807, 2.05) is 36.4 Å². The number of nitrogens with two attached hydrogens (primary N) is 1. The Hall–Kier alpha value is -3.12. The van der Waals surface area contributed by atoms with Gasteiger partial charge in [-0.3, -0.25) is 14.2 Å². The molecule has 0 unspecified atom stereocenters. The van der Waals surface area contributed by atoms with Crippen molar-refractivity contribution in [2.24, 2.45) is 5.73 Å². The molecular formula is C23H24ClN5O4S2. The zero-order valence-corrected chi connectivity index (χ0v) is 21.2. The Labute approximate surface area is 211 Å². The molecule has 184 valence electrons. The number of nitrogens with zero attached hydrogens (tertiary/aromatic N) is 2. The second-order valence-electron chi connectivity index (χ2n) is 7.66. The van der Waals surface area contributed by atoms with Gasteiger partial charge in [0, 0.05) is 19.5 Å². The second-order valence-corrected chi connectivity index (χ2v) is 11.3. The smallest absolute Gasteiger partial charge is 0.272 e. The average molecular weight is 534 g/mol. The molecule has 0 fully saturated rings. The standard InChI is InChI=1S/C23H24ClN5O4S2/c1-33-18-7-3-6-17-22(18)23(28-35(31,32)21-9-8-19(24)34-21)27-29(17)14-16-5-2-4-15(12-16)13-26-20(30)10-11-25/h2-9,12H,10-11,13-14,25H2,1H3,(H,26,30)(H,27,28). The van der Waals surface area contributed by atoms with E-state index in [0.29, 0.717) is 40.6 Å². The lowest BCUT2D eigenvalue weighted by atomic mass is 10.1. The first-order valence-electron chi connectivity index (χ1n) is 10.7. The average Bonchev–Trinajstić information content (AvgIpc) is 3.42. The van der Waals surface area contributed by atoms with Gasteiger partial charge >= 0.3 is 0 Å². The van der Waals surface area contributed by atoms with E-state index in [0.717, 1.165) is 22.5 Å². The minimum atomic E-state index is -3.89. The van der Waals surface area contributed by atoms with Crippen LogP contribution in [0.1, 0.15) is 17.5 Å². The molecule has 4 rings (SSSR count). The summed E-state index contributed by atoms with van der Waals surface area (Å²) in [4.78, 5) is 11.7. The largest absolute Gasteiger partial charge is 0.496 e. The lowest BCUT2D eigenvalue weighted by molar-refractivity contribution is -0.121. The van der Waals surface area contributed by atoms with Gasteiger partial charge in [0.25, 0.3) is 10.0 Å². The predicted molar refractivity (Wildman–Crippen MR) is 137 cm³/mol. The second kappa shape index (κ2) is 10.6. The highest BCUT2D eigenvalue weighted by atomic mass is 35.5. The van der Waals surface area contributed by atoms with Crippen molar-refractivity contribution in [3.8, 4) is 5.75 Å². The third-order valence-corrected chi connectivity index (χ3v) is 8.25. The number of aromatic nitrogens is 2. The van der Waals surface area contributed by atoms with Crippen LogP contribution in [0, 0.1) is 0 Å². The first-order chi connectivity index (χ1) is 16.8. The molecule has 9 nitrogen and oxygen atoms in total. The summed E-state index contributed by atoms with van der Waals surface area (Å²) in [6, 6.07) is 16.1. The summed E-state index contributed by atoms with van der Waals surface area (Å²) in [5.41, 5.74) is 7.98. The molecule has 0 atom stereocenters. The molecule has 0 aliphatic rings. The molecule has 2 aromatic carbocycles. The number of ether oxygens (including phenoxy) is 1. The topological polar surface area (TPSA) is 128 Å². The maximum Gasteiger partial charge on any atom is 0.272 e. The molecule has 0 aliphatic heterocycles. The third kappa shape index (κ3) is 5.76. The monoisotopic (exact) mass is 533 g/mol. The van der Waals surface area contributed by atoms with Gasteiger partial charge in [-0.15, -0.1) is 11.3 Å². The number of fused-ring (bicyclic) bond motifs is 1. The molecule has 1 amide bonds. The zero-order valence-electron chi connectivity index (χ0n) is 18.8. The summed E-state index contributed by atoms with van der Waals surface area (Å²) in [5, 5.41) is 7.96. The number of sulfonamides is 1. The SMILES string of the molecule is COc1cccc2c1c(NS(=O)(=O)c1ccc(Cl)s1)nn2Cc1cccc(CNC(=O)CCN)c1. The molecule has 2 heterocycles. The molecule has 0 saturated carbocycles. The Morgan fingerprint density at radius 2 is 1.94 bits per heavy atom. The predicted octanol–water partition coefficient (Wildman–Crippen LogP) is 3.57. The number of nitrogens with one attached hydrogen (secondary N) is 2. The number of anilines is 1. The molecule has 12 heteroatoms. The minimum Gasteiger partial charge on any atom is -0.496 e. The highest BCUT2D eigenvalue weighted by Crippen LogP contribution is 2.35. The van der Waals surface area contributed by atoms with E-state index in [1.54, 1.807) is 10.7 Å². The van der Waals surface area contributed by atoms with Crippen molar-refractivity contribution >= 4 is 55.6 Å². The first kappa shape index (κ1) is 25.0. The molecule has 35 heavy (non-hydrogen) atoms. The van der Waals surface area contributed by atoms with Crippen LogP contribution in [-0.2, 0) is 27.9 Å². The van der Waals surface area contributed by atoms with Crippen molar-refractivity contribution < 1.29 is 17.9 Å². The number of carbonyl (C=O) groups is 1. The van der Waals surface area contributed by atoms with Crippen molar-refractivity contribution in [1.29, 1.82) is 0 Å². The highest BCUT2D eigenvalue weighted by molar-refractivity contribution is 7.94. The van der Waals surface area contributed by atoms with Gasteiger partial charge in [0.05, 0.1) is 28.9 Å². The van der Waals surface area contributed by atoms with Gasteiger partial charge in [0.1, 0.15) is 9.96 Å². The van der Waals surface area contributed by atoms with Crippen LogP contribution in [0.4, 0.5) is 5.82 Å². The third-order valence-electron chi connectivity index (χ3n) is 5.19. The maximum absolute atomic E-state index is 13.0. The highest BCUT2D eigenvalue weighted by Gasteiger charge is 2.23. The summed E-state index contributed by atoms with van der Waals surface area (Å²) >= 11 is 6.89. The number of thiophene rings is 1. The normalized spacial score (nSPS) is 11.5. The van der Waals surface area contributed by atoms with Crippen molar-refractivity contribution in [3.05, 3.63) is 70.1 Å². The fraction of sp³-hybridized carbons (Fsp3) is 0.217. The fourth-order valence-electron chi connectivity index (χ4n) is 3.61. The lowest BCUT2D eigenvalue weighted by Gasteiger charge is -2.08. The van der Waals surface area contributed by atoms with E-state index in [2.05, 4.69) is 15.1 Å². The Bertz CT molecular complexity index is 1470. The quantitative estimate of drug-likeness (QED) is 0.286. The van der Waals surface area contributed by atoms with Gasteiger partial charge in [-0.05, 0) is 35.4 Å². The van der Waals surface area contributed by atoms with Gasteiger partial charge < -0.3 is 15.8 Å². The van der Waals surface area contributed by atoms with Gasteiger partial charge in [-0.25, -0.2) is 8.42 Å². The van der Waals surface area contributed by atoms with Crippen LogP contribution < -0.4 is 20.5 Å². The minimum absolute atomic E-state index is 0.0875. The molecule has 2 aromatic heterocycles. The van der Waals surface area contributed by atoms with Gasteiger partial charge in [-0.1, -0.05) is 41.9 Å². The number of hydrogen-bond donors (Lipinski definition) is 3. The number of methoxy groups -OCH3 is 1. The number of halogens is 1. The van der Waals surface area contributed by atoms with Crippen LogP contribution in [0.2, 0.25) is 4.34 Å². The molecular weight excluding hydrogens is 510 g/mol. The van der Waals surface area contributed by atoms with E-state index in [-0.39, 0.29) is 22.4 Å². The van der Waals surface area contributed by atoms with Crippen molar-refractivity contribution in [3.63, 3.8) is 0 Å². The Balaban J connectivity index is 1.65. The van der Waals surface area contributed by atoms with Gasteiger partial charge in [0.2, 0.25) is 5.91 Å². The van der Waals surface area contributed by atoms with E-state index < -0.39 is 10.0 Å². The number of hydrogen-bond acceptors (Lipinski definition) is 7. The molecule has 4 N–H and O–H groups in total. The summed E-state index contributed by atoms with van der Waals surface area (Å²) in [5.74, 6) is 0.547.